The lowest BCUT2D eigenvalue weighted by Gasteiger charge is -2.28. The van der Waals surface area contributed by atoms with E-state index in [0.29, 0.717) is 11.6 Å². The molecule has 1 aromatic carbocycles. The second-order valence-corrected chi connectivity index (χ2v) is 6.23. The molecule has 2 N–H and O–H groups in total. The molecule has 0 saturated heterocycles. The fourth-order valence-corrected chi connectivity index (χ4v) is 3.92. The number of hydrogen-bond donors (Lipinski definition) is 2. The summed E-state index contributed by atoms with van der Waals surface area (Å²) in [5.41, 5.74) is 0.615. The van der Waals surface area contributed by atoms with Crippen molar-refractivity contribution in [2.24, 2.45) is 17.8 Å². The SMILES string of the molecule is C[C@H](NC(=O)Nc1ccc(F)cc1)[C@@H]1C[C@H]2CC[C@H]1C2. The van der Waals surface area contributed by atoms with Gasteiger partial charge in [0.25, 0.3) is 0 Å². The highest BCUT2D eigenvalue weighted by Crippen LogP contribution is 2.49. The van der Waals surface area contributed by atoms with Crippen LogP contribution in [0.5, 0.6) is 0 Å². The van der Waals surface area contributed by atoms with Gasteiger partial charge in [-0.15, -0.1) is 0 Å². The Morgan fingerprint density at radius 3 is 2.60 bits per heavy atom. The van der Waals surface area contributed by atoms with Gasteiger partial charge in [-0.25, -0.2) is 9.18 Å². The van der Waals surface area contributed by atoms with E-state index in [9.17, 15) is 9.18 Å². The zero-order chi connectivity index (χ0) is 14.1. The Labute approximate surface area is 118 Å². The molecule has 3 rings (SSSR count). The largest absolute Gasteiger partial charge is 0.335 e. The van der Waals surface area contributed by atoms with E-state index < -0.39 is 0 Å². The molecule has 2 fully saturated rings. The van der Waals surface area contributed by atoms with Gasteiger partial charge in [-0.1, -0.05) is 6.42 Å². The molecule has 2 amide bonds. The Morgan fingerprint density at radius 2 is 2.00 bits per heavy atom. The summed E-state index contributed by atoms with van der Waals surface area (Å²) < 4.78 is 12.8. The van der Waals surface area contributed by atoms with E-state index >= 15 is 0 Å². The van der Waals surface area contributed by atoms with Crippen LogP contribution in [0.1, 0.15) is 32.6 Å². The molecule has 2 saturated carbocycles. The number of halogens is 1. The van der Waals surface area contributed by atoms with Gasteiger partial charge < -0.3 is 10.6 Å². The van der Waals surface area contributed by atoms with Gasteiger partial charge in [0.15, 0.2) is 0 Å². The lowest BCUT2D eigenvalue weighted by molar-refractivity contribution is 0.230. The first kappa shape index (κ1) is 13.4. The van der Waals surface area contributed by atoms with Crippen LogP contribution < -0.4 is 10.6 Å². The number of fused-ring (bicyclic) bond motifs is 2. The molecule has 0 aromatic heterocycles. The summed E-state index contributed by atoms with van der Waals surface area (Å²) in [6.45, 7) is 2.09. The molecular weight excluding hydrogens is 255 g/mol. The van der Waals surface area contributed by atoms with Gasteiger partial charge in [0.1, 0.15) is 5.82 Å². The molecule has 2 bridgehead atoms. The lowest BCUT2D eigenvalue weighted by atomic mass is 9.84. The van der Waals surface area contributed by atoms with Crippen molar-refractivity contribution >= 4 is 11.7 Å². The second kappa shape index (κ2) is 5.43. The first-order valence-corrected chi connectivity index (χ1v) is 7.45. The summed E-state index contributed by atoms with van der Waals surface area (Å²) in [5, 5.41) is 5.78. The highest BCUT2D eigenvalue weighted by molar-refractivity contribution is 5.89. The van der Waals surface area contributed by atoms with Crippen LogP contribution in [0, 0.1) is 23.6 Å². The first-order valence-electron chi connectivity index (χ1n) is 7.45. The minimum atomic E-state index is -0.300. The van der Waals surface area contributed by atoms with E-state index in [1.807, 2.05) is 0 Å². The molecule has 2 aliphatic carbocycles. The number of amides is 2. The normalized spacial score (nSPS) is 29.2. The van der Waals surface area contributed by atoms with Crippen LogP contribution in [-0.4, -0.2) is 12.1 Å². The monoisotopic (exact) mass is 276 g/mol. The smallest absolute Gasteiger partial charge is 0.319 e. The van der Waals surface area contributed by atoms with Crippen molar-refractivity contribution in [3.05, 3.63) is 30.1 Å². The van der Waals surface area contributed by atoms with E-state index in [1.54, 1.807) is 12.1 Å². The fraction of sp³-hybridized carbons (Fsp3) is 0.562. The van der Waals surface area contributed by atoms with Crippen molar-refractivity contribution in [2.75, 3.05) is 5.32 Å². The van der Waals surface area contributed by atoms with Crippen LogP contribution in [0.15, 0.2) is 24.3 Å². The van der Waals surface area contributed by atoms with Crippen LogP contribution in [0.2, 0.25) is 0 Å². The number of urea groups is 1. The molecule has 0 aliphatic heterocycles. The summed E-state index contributed by atoms with van der Waals surface area (Å²) in [5.74, 6) is 1.99. The van der Waals surface area contributed by atoms with Gasteiger partial charge in [-0.2, -0.15) is 0 Å². The number of hydrogen-bond acceptors (Lipinski definition) is 1. The Balaban J connectivity index is 1.52. The molecule has 2 aliphatic rings. The second-order valence-electron chi connectivity index (χ2n) is 6.23. The molecule has 0 spiro atoms. The van der Waals surface area contributed by atoms with Gasteiger partial charge in [0.05, 0.1) is 0 Å². The van der Waals surface area contributed by atoms with Crippen molar-refractivity contribution in [3.8, 4) is 0 Å². The topological polar surface area (TPSA) is 41.1 Å². The quantitative estimate of drug-likeness (QED) is 0.867. The molecule has 1 aromatic rings. The maximum atomic E-state index is 12.8. The number of carbonyl (C=O) groups is 1. The summed E-state index contributed by atoms with van der Waals surface area (Å²) >= 11 is 0. The Bertz CT molecular complexity index is 488. The highest BCUT2D eigenvalue weighted by atomic mass is 19.1. The van der Waals surface area contributed by atoms with Crippen LogP contribution >= 0.6 is 0 Å². The lowest BCUT2D eigenvalue weighted by Crippen LogP contribution is -2.42. The molecule has 0 heterocycles. The summed E-state index contributed by atoms with van der Waals surface area (Å²) in [4.78, 5) is 12.0. The molecule has 20 heavy (non-hydrogen) atoms. The Morgan fingerprint density at radius 1 is 1.25 bits per heavy atom. The average Bonchev–Trinajstić information content (AvgIpc) is 3.03. The summed E-state index contributed by atoms with van der Waals surface area (Å²) in [6, 6.07) is 5.82. The third kappa shape index (κ3) is 2.79. The molecule has 4 heteroatoms. The van der Waals surface area contributed by atoms with Gasteiger partial charge in [-0.3, -0.25) is 0 Å². The third-order valence-corrected chi connectivity index (χ3v) is 4.90. The number of nitrogens with one attached hydrogen (secondary N) is 2. The van der Waals surface area contributed by atoms with Crippen molar-refractivity contribution in [3.63, 3.8) is 0 Å². The summed E-state index contributed by atoms with van der Waals surface area (Å²) in [7, 11) is 0. The fourth-order valence-electron chi connectivity index (χ4n) is 3.92. The number of rotatable bonds is 3. The summed E-state index contributed by atoms with van der Waals surface area (Å²) in [6.07, 6.45) is 5.29. The van der Waals surface area contributed by atoms with Crippen molar-refractivity contribution in [2.45, 2.75) is 38.6 Å². The minimum absolute atomic E-state index is 0.200. The zero-order valence-corrected chi connectivity index (χ0v) is 11.7. The minimum Gasteiger partial charge on any atom is -0.335 e. The molecule has 108 valence electrons. The van der Waals surface area contributed by atoms with Crippen molar-refractivity contribution in [1.82, 2.24) is 5.32 Å². The molecule has 4 atom stereocenters. The van der Waals surface area contributed by atoms with E-state index in [4.69, 9.17) is 0 Å². The molecule has 0 unspecified atom stereocenters. The van der Waals surface area contributed by atoms with Crippen LogP contribution in [0.4, 0.5) is 14.9 Å². The highest BCUT2D eigenvalue weighted by Gasteiger charge is 2.42. The van der Waals surface area contributed by atoms with Crippen molar-refractivity contribution in [1.29, 1.82) is 0 Å². The van der Waals surface area contributed by atoms with E-state index in [1.165, 1.54) is 37.8 Å². The van der Waals surface area contributed by atoms with E-state index in [0.717, 1.165) is 11.8 Å². The van der Waals surface area contributed by atoms with Gasteiger partial charge >= 0.3 is 6.03 Å². The van der Waals surface area contributed by atoms with Gasteiger partial charge in [0, 0.05) is 11.7 Å². The Hall–Kier alpha value is -1.58. The Kier molecular flexibility index (Phi) is 3.64. The van der Waals surface area contributed by atoms with Crippen LogP contribution in [-0.2, 0) is 0 Å². The maximum Gasteiger partial charge on any atom is 0.319 e. The number of carbonyl (C=O) groups excluding carboxylic acids is 1. The van der Waals surface area contributed by atoms with Gasteiger partial charge in [-0.05, 0) is 68.2 Å². The standard InChI is InChI=1S/C16H21FN2O/c1-10(15-9-11-2-3-12(15)8-11)18-16(20)19-14-6-4-13(17)5-7-14/h4-7,10-12,15H,2-3,8-9H2,1H3,(H2,18,19,20)/t10-,11-,12-,15-/m0/s1. The van der Waals surface area contributed by atoms with E-state index in [-0.39, 0.29) is 17.9 Å². The molecular formula is C16H21FN2O. The number of benzene rings is 1. The predicted molar refractivity (Wildman–Crippen MR) is 77.0 cm³/mol. The molecule has 3 nitrogen and oxygen atoms in total. The third-order valence-electron chi connectivity index (χ3n) is 4.90. The van der Waals surface area contributed by atoms with Crippen LogP contribution in [0.3, 0.4) is 0 Å². The van der Waals surface area contributed by atoms with E-state index in [2.05, 4.69) is 17.6 Å². The average molecular weight is 276 g/mol. The maximum absolute atomic E-state index is 12.8. The van der Waals surface area contributed by atoms with Gasteiger partial charge in [0.2, 0.25) is 0 Å². The van der Waals surface area contributed by atoms with Crippen molar-refractivity contribution < 1.29 is 9.18 Å². The first-order chi connectivity index (χ1) is 9.61. The zero-order valence-electron chi connectivity index (χ0n) is 11.7. The predicted octanol–water partition coefficient (Wildman–Crippen LogP) is 3.77. The molecule has 0 radical (unpaired) electrons. The number of anilines is 1. The van der Waals surface area contributed by atoms with Crippen LogP contribution in [0.25, 0.3) is 0 Å².